The Morgan fingerprint density at radius 2 is 1.84 bits per heavy atom. The van der Waals surface area contributed by atoms with E-state index in [0.29, 0.717) is 6.54 Å². The fraction of sp³-hybridized carbons (Fsp3) is 0.273. The third kappa shape index (κ3) is 4.23. The zero-order valence-corrected chi connectivity index (χ0v) is 15.0. The van der Waals surface area contributed by atoms with Crippen LogP contribution in [-0.2, 0) is 13.1 Å². The van der Waals surface area contributed by atoms with Gasteiger partial charge in [0.2, 0.25) is 0 Å². The number of anilines is 1. The van der Waals surface area contributed by atoms with Crippen LogP contribution in [-0.4, -0.2) is 17.7 Å². The van der Waals surface area contributed by atoms with Crippen LogP contribution in [0.2, 0.25) is 0 Å². The second-order valence-corrected chi connectivity index (χ2v) is 5.97. The molecule has 0 amide bonds. The van der Waals surface area contributed by atoms with Crippen molar-refractivity contribution >= 4 is 16.6 Å². The highest BCUT2D eigenvalue weighted by molar-refractivity contribution is 5.83. The summed E-state index contributed by atoms with van der Waals surface area (Å²) in [5.41, 5.74) is 4.74. The molecule has 128 valence electrons. The zero-order valence-electron chi connectivity index (χ0n) is 15.0. The van der Waals surface area contributed by atoms with Crippen LogP contribution in [0.1, 0.15) is 25.1 Å². The maximum Gasteiger partial charge on any atom is 0.0931 e. The van der Waals surface area contributed by atoms with Gasteiger partial charge in [-0.3, -0.25) is 0 Å². The van der Waals surface area contributed by atoms with E-state index in [9.17, 15) is 0 Å². The number of rotatable bonds is 6. The first-order valence-corrected chi connectivity index (χ1v) is 8.92. The van der Waals surface area contributed by atoms with Crippen molar-refractivity contribution in [1.29, 1.82) is 0 Å². The van der Waals surface area contributed by atoms with E-state index in [0.717, 1.165) is 31.0 Å². The molecule has 25 heavy (non-hydrogen) atoms. The molecular formula is C22H25N3. The number of benzene rings is 2. The van der Waals surface area contributed by atoms with Crippen molar-refractivity contribution in [3.63, 3.8) is 0 Å². The molecule has 0 aliphatic carbocycles. The SMILES string of the molecule is CCNCc1ccc2c(c1)cc(C#CCNc1ccccc1)n2CC. The molecule has 0 saturated heterocycles. The van der Waals surface area contributed by atoms with Crippen molar-refractivity contribution in [2.24, 2.45) is 0 Å². The molecule has 3 rings (SSSR count). The number of aromatic nitrogens is 1. The molecule has 3 heteroatoms. The maximum absolute atomic E-state index is 3.38. The Balaban J connectivity index is 1.77. The standard InChI is InChI=1S/C22H25N3/c1-3-23-17-18-12-13-22-19(15-18)16-21(25(22)4-2)11-8-14-24-20-9-6-5-7-10-20/h5-7,9-10,12-13,15-16,23-24H,3-4,14,17H2,1-2H3. The van der Waals surface area contributed by atoms with Crippen molar-refractivity contribution in [3.05, 3.63) is 65.9 Å². The first-order chi connectivity index (χ1) is 12.3. The molecule has 0 radical (unpaired) electrons. The first kappa shape index (κ1) is 17.1. The number of para-hydroxylation sites is 1. The van der Waals surface area contributed by atoms with Gasteiger partial charge in [0.1, 0.15) is 0 Å². The second kappa shape index (κ2) is 8.41. The fourth-order valence-corrected chi connectivity index (χ4v) is 2.98. The van der Waals surface area contributed by atoms with Gasteiger partial charge in [0.25, 0.3) is 0 Å². The fourth-order valence-electron chi connectivity index (χ4n) is 2.98. The largest absolute Gasteiger partial charge is 0.374 e. The minimum atomic E-state index is 0.640. The van der Waals surface area contributed by atoms with Crippen LogP contribution in [0.5, 0.6) is 0 Å². The summed E-state index contributed by atoms with van der Waals surface area (Å²) < 4.78 is 2.28. The second-order valence-electron chi connectivity index (χ2n) is 5.97. The average Bonchev–Trinajstić information content (AvgIpc) is 3.01. The lowest BCUT2D eigenvalue weighted by atomic mass is 10.1. The minimum Gasteiger partial charge on any atom is -0.374 e. The van der Waals surface area contributed by atoms with Crippen molar-refractivity contribution in [1.82, 2.24) is 9.88 Å². The van der Waals surface area contributed by atoms with Crippen LogP contribution in [0.4, 0.5) is 5.69 Å². The molecule has 0 aliphatic heterocycles. The van der Waals surface area contributed by atoms with Gasteiger partial charge in [0.15, 0.2) is 0 Å². The van der Waals surface area contributed by atoms with Gasteiger partial charge >= 0.3 is 0 Å². The van der Waals surface area contributed by atoms with E-state index in [4.69, 9.17) is 0 Å². The third-order valence-electron chi connectivity index (χ3n) is 4.23. The van der Waals surface area contributed by atoms with E-state index in [2.05, 4.69) is 77.3 Å². The van der Waals surface area contributed by atoms with Gasteiger partial charge in [-0.15, -0.1) is 0 Å². The summed E-state index contributed by atoms with van der Waals surface area (Å²) in [6.45, 7) is 7.75. The Bertz CT molecular complexity index is 882. The van der Waals surface area contributed by atoms with Gasteiger partial charge in [-0.1, -0.05) is 37.1 Å². The molecule has 3 aromatic rings. The monoisotopic (exact) mass is 331 g/mol. The van der Waals surface area contributed by atoms with Crippen LogP contribution >= 0.6 is 0 Å². The summed E-state index contributed by atoms with van der Waals surface area (Å²) >= 11 is 0. The summed E-state index contributed by atoms with van der Waals surface area (Å²) in [6.07, 6.45) is 0. The van der Waals surface area contributed by atoms with Crippen molar-refractivity contribution in [3.8, 4) is 11.8 Å². The highest BCUT2D eigenvalue weighted by Gasteiger charge is 2.06. The molecule has 0 atom stereocenters. The molecule has 1 aromatic heterocycles. The lowest BCUT2D eigenvalue weighted by molar-refractivity contribution is 0.727. The van der Waals surface area contributed by atoms with Crippen LogP contribution in [0.3, 0.4) is 0 Å². The predicted molar refractivity (Wildman–Crippen MR) is 107 cm³/mol. The maximum atomic E-state index is 3.38. The summed E-state index contributed by atoms with van der Waals surface area (Å²) in [5, 5.41) is 7.97. The molecule has 0 aliphatic rings. The van der Waals surface area contributed by atoms with E-state index >= 15 is 0 Å². The van der Waals surface area contributed by atoms with E-state index in [1.165, 1.54) is 16.5 Å². The normalized spacial score (nSPS) is 10.5. The first-order valence-electron chi connectivity index (χ1n) is 8.92. The number of aryl methyl sites for hydroxylation is 1. The van der Waals surface area contributed by atoms with Crippen LogP contribution < -0.4 is 10.6 Å². The lowest BCUT2D eigenvalue weighted by Gasteiger charge is -2.05. The zero-order chi connectivity index (χ0) is 17.5. The predicted octanol–water partition coefficient (Wildman–Crippen LogP) is 4.23. The Kier molecular flexibility index (Phi) is 5.77. The summed E-state index contributed by atoms with van der Waals surface area (Å²) in [7, 11) is 0. The van der Waals surface area contributed by atoms with Crippen molar-refractivity contribution in [2.45, 2.75) is 26.9 Å². The van der Waals surface area contributed by atoms with Crippen molar-refractivity contribution in [2.75, 3.05) is 18.4 Å². The highest BCUT2D eigenvalue weighted by atomic mass is 15.0. The smallest absolute Gasteiger partial charge is 0.0931 e. The molecule has 0 spiro atoms. The Morgan fingerprint density at radius 3 is 2.60 bits per heavy atom. The van der Waals surface area contributed by atoms with Crippen LogP contribution in [0.25, 0.3) is 10.9 Å². The third-order valence-corrected chi connectivity index (χ3v) is 4.23. The highest BCUT2D eigenvalue weighted by Crippen LogP contribution is 2.21. The summed E-state index contributed by atoms with van der Waals surface area (Å²) in [4.78, 5) is 0. The number of nitrogens with zero attached hydrogens (tertiary/aromatic N) is 1. The van der Waals surface area contributed by atoms with Gasteiger partial charge in [0.05, 0.1) is 12.2 Å². The molecule has 2 N–H and O–H groups in total. The topological polar surface area (TPSA) is 29.0 Å². The number of nitrogens with one attached hydrogen (secondary N) is 2. The molecule has 2 aromatic carbocycles. The quantitative estimate of drug-likeness (QED) is 0.662. The Hall–Kier alpha value is -2.70. The molecule has 1 heterocycles. The van der Waals surface area contributed by atoms with E-state index in [1.54, 1.807) is 0 Å². The molecule has 3 nitrogen and oxygen atoms in total. The average molecular weight is 331 g/mol. The van der Waals surface area contributed by atoms with Crippen LogP contribution in [0, 0.1) is 11.8 Å². The van der Waals surface area contributed by atoms with Gasteiger partial charge < -0.3 is 15.2 Å². The molecule has 0 bridgehead atoms. The van der Waals surface area contributed by atoms with E-state index < -0.39 is 0 Å². The number of hydrogen-bond acceptors (Lipinski definition) is 2. The van der Waals surface area contributed by atoms with Crippen LogP contribution in [0.15, 0.2) is 54.6 Å². The number of hydrogen-bond donors (Lipinski definition) is 2. The van der Waals surface area contributed by atoms with Gasteiger partial charge in [-0.2, -0.15) is 0 Å². The molecule has 0 saturated carbocycles. The summed E-state index contributed by atoms with van der Waals surface area (Å²) in [6, 6.07) is 19.0. The van der Waals surface area contributed by atoms with Crippen molar-refractivity contribution < 1.29 is 0 Å². The Labute approximate surface area is 150 Å². The van der Waals surface area contributed by atoms with E-state index in [-0.39, 0.29) is 0 Å². The minimum absolute atomic E-state index is 0.640. The Morgan fingerprint density at radius 1 is 1.00 bits per heavy atom. The van der Waals surface area contributed by atoms with Gasteiger partial charge in [0, 0.05) is 29.7 Å². The lowest BCUT2D eigenvalue weighted by Crippen LogP contribution is -2.11. The molecule has 0 unspecified atom stereocenters. The molecule has 0 fully saturated rings. The summed E-state index contributed by atoms with van der Waals surface area (Å²) in [5.74, 6) is 6.56. The number of fused-ring (bicyclic) bond motifs is 1. The van der Waals surface area contributed by atoms with Gasteiger partial charge in [-0.05, 0) is 55.3 Å². The van der Waals surface area contributed by atoms with Gasteiger partial charge in [-0.25, -0.2) is 0 Å². The molecular weight excluding hydrogens is 306 g/mol. The van der Waals surface area contributed by atoms with E-state index in [1.807, 2.05) is 18.2 Å².